The van der Waals surface area contributed by atoms with Gasteiger partial charge in [0.05, 0.1) is 12.0 Å². The third-order valence-corrected chi connectivity index (χ3v) is 4.18. The monoisotopic (exact) mass is 385 g/mol. The Kier molecular flexibility index (Phi) is 5.57. The van der Waals surface area contributed by atoms with Gasteiger partial charge in [-0.25, -0.2) is 4.98 Å². The minimum Gasteiger partial charge on any atom is -0.459 e. The zero-order chi connectivity index (χ0) is 19.2. The van der Waals surface area contributed by atoms with Crippen molar-refractivity contribution >= 4 is 40.8 Å². The summed E-state index contributed by atoms with van der Waals surface area (Å²) in [5, 5.41) is 5.23. The van der Waals surface area contributed by atoms with Crippen molar-refractivity contribution in [3.05, 3.63) is 64.8 Å². The fourth-order valence-corrected chi connectivity index (χ4v) is 2.76. The van der Waals surface area contributed by atoms with Crippen LogP contribution in [0.2, 0.25) is 0 Å². The summed E-state index contributed by atoms with van der Waals surface area (Å²) in [4.78, 5) is 42.6. The lowest BCUT2D eigenvalue weighted by molar-refractivity contribution is -0.113. The van der Waals surface area contributed by atoms with Crippen molar-refractivity contribution in [2.45, 2.75) is 5.16 Å². The van der Waals surface area contributed by atoms with Gasteiger partial charge in [-0.15, -0.1) is 0 Å². The maximum atomic E-state index is 12.2. The number of anilines is 3. The van der Waals surface area contributed by atoms with Gasteiger partial charge in [0.1, 0.15) is 0 Å². The van der Waals surface area contributed by atoms with Gasteiger partial charge in [-0.05, 0) is 24.3 Å². The molecule has 2 aromatic heterocycles. The molecule has 10 heteroatoms. The molecule has 3 aromatic rings. The van der Waals surface area contributed by atoms with Crippen molar-refractivity contribution in [2.24, 2.45) is 0 Å². The predicted octanol–water partition coefficient (Wildman–Crippen LogP) is 1.93. The van der Waals surface area contributed by atoms with Crippen molar-refractivity contribution in [3.63, 3.8) is 0 Å². The Morgan fingerprint density at radius 2 is 1.93 bits per heavy atom. The first-order chi connectivity index (χ1) is 13.0. The van der Waals surface area contributed by atoms with Crippen LogP contribution in [0.3, 0.4) is 0 Å². The van der Waals surface area contributed by atoms with E-state index < -0.39 is 11.5 Å². The molecule has 5 N–H and O–H groups in total. The number of nitrogens with two attached hydrogens (primary N) is 1. The molecule has 0 saturated carbocycles. The number of nitrogens with zero attached hydrogens (tertiary/aromatic N) is 1. The molecule has 9 nitrogen and oxygen atoms in total. The molecule has 0 bridgehead atoms. The van der Waals surface area contributed by atoms with Gasteiger partial charge in [-0.2, -0.15) is 0 Å². The molecular formula is C17H15N5O4S. The molecule has 0 aliphatic rings. The lowest BCUT2D eigenvalue weighted by atomic mass is 10.3. The molecule has 0 radical (unpaired) electrons. The molecule has 0 saturated heterocycles. The number of hydrogen-bond acceptors (Lipinski definition) is 7. The largest absolute Gasteiger partial charge is 0.459 e. The van der Waals surface area contributed by atoms with E-state index in [1.54, 1.807) is 30.3 Å². The van der Waals surface area contributed by atoms with Crippen molar-refractivity contribution in [1.29, 1.82) is 0 Å². The summed E-state index contributed by atoms with van der Waals surface area (Å²) in [6.45, 7) is 0. The van der Waals surface area contributed by atoms with Gasteiger partial charge in [0.2, 0.25) is 5.91 Å². The summed E-state index contributed by atoms with van der Waals surface area (Å²) in [5.41, 5.74) is 5.61. The van der Waals surface area contributed by atoms with Crippen LogP contribution in [0.4, 0.5) is 17.2 Å². The van der Waals surface area contributed by atoms with Crippen LogP contribution in [0.25, 0.3) is 0 Å². The number of rotatable bonds is 6. The average molecular weight is 385 g/mol. The Balaban J connectivity index is 1.63. The number of thioether (sulfide) groups is 1. The number of aromatic amines is 1. The van der Waals surface area contributed by atoms with Gasteiger partial charge in [-0.1, -0.05) is 30.0 Å². The SMILES string of the molecule is Nc1nc(SCC(=O)Nc2ccccc2)[nH]c(=O)c1NC(=O)c1ccco1. The Morgan fingerprint density at radius 1 is 1.15 bits per heavy atom. The van der Waals surface area contributed by atoms with E-state index in [1.165, 1.54) is 12.3 Å². The van der Waals surface area contributed by atoms with E-state index in [1.807, 2.05) is 6.07 Å². The Labute approximate surface area is 157 Å². The molecule has 3 rings (SSSR count). The number of furan rings is 1. The van der Waals surface area contributed by atoms with Crippen LogP contribution in [0.15, 0.2) is 63.1 Å². The van der Waals surface area contributed by atoms with E-state index in [2.05, 4.69) is 20.6 Å². The highest BCUT2D eigenvalue weighted by Gasteiger charge is 2.16. The molecule has 2 heterocycles. The molecule has 0 fully saturated rings. The van der Waals surface area contributed by atoms with Crippen LogP contribution in [-0.2, 0) is 4.79 Å². The van der Waals surface area contributed by atoms with Crippen molar-refractivity contribution < 1.29 is 14.0 Å². The third kappa shape index (κ3) is 4.76. The van der Waals surface area contributed by atoms with Crippen molar-refractivity contribution in [1.82, 2.24) is 9.97 Å². The maximum Gasteiger partial charge on any atom is 0.291 e. The first kappa shape index (κ1) is 18.3. The minimum atomic E-state index is -0.631. The van der Waals surface area contributed by atoms with Crippen LogP contribution in [0, 0.1) is 0 Å². The highest BCUT2D eigenvalue weighted by Crippen LogP contribution is 2.18. The van der Waals surface area contributed by atoms with Gasteiger partial charge in [0.15, 0.2) is 22.4 Å². The topological polar surface area (TPSA) is 143 Å². The number of aromatic nitrogens is 2. The van der Waals surface area contributed by atoms with E-state index in [0.717, 1.165) is 11.8 Å². The van der Waals surface area contributed by atoms with Gasteiger partial charge < -0.3 is 20.8 Å². The van der Waals surface area contributed by atoms with Crippen molar-refractivity contribution in [2.75, 3.05) is 22.1 Å². The summed E-state index contributed by atoms with van der Waals surface area (Å²) in [5.74, 6) is -0.992. The smallest absolute Gasteiger partial charge is 0.291 e. The molecule has 0 atom stereocenters. The lowest BCUT2D eigenvalue weighted by Crippen LogP contribution is -2.23. The normalized spacial score (nSPS) is 10.4. The highest BCUT2D eigenvalue weighted by atomic mass is 32.2. The van der Waals surface area contributed by atoms with E-state index in [9.17, 15) is 14.4 Å². The first-order valence-corrected chi connectivity index (χ1v) is 8.74. The summed E-state index contributed by atoms with van der Waals surface area (Å²) in [6.07, 6.45) is 1.33. The number of hydrogen-bond donors (Lipinski definition) is 4. The van der Waals surface area contributed by atoms with E-state index in [0.29, 0.717) is 5.69 Å². The number of H-pyrrole nitrogens is 1. The van der Waals surface area contributed by atoms with Gasteiger partial charge in [0.25, 0.3) is 11.5 Å². The molecule has 0 spiro atoms. The molecule has 138 valence electrons. The highest BCUT2D eigenvalue weighted by molar-refractivity contribution is 7.99. The molecule has 0 aliphatic heterocycles. The number of amides is 2. The quantitative estimate of drug-likeness (QED) is 0.375. The number of carbonyl (C=O) groups excluding carboxylic acids is 2. The Bertz CT molecular complexity index is 1000. The first-order valence-electron chi connectivity index (χ1n) is 7.75. The second-order valence-corrected chi connectivity index (χ2v) is 6.23. The lowest BCUT2D eigenvalue weighted by Gasteiger charge is -2.08. The van der Waals surface area contributed by atoms with Crippen molar-refractivity contribution in [3.8, 4) is 0 Å². The number of benzene rings is 1. The van der Waals surface area contributed by atoms with E-state index in [4.69, 9.17) is 10.2 Å². The second kappa shape index (κ2) is 8.23. The van der Waals surface area contributed by atoms with Gasteiger partial charge in [0, 0.05) is 5.69 Å². The summed E-state index contributed by atoms with van der Waals surface area (Å²) < 4.78 is 4.95. The van der Waals surface area contributed by atoms with Crippen LogP contribution in [0.1, 0.15) is 10.6 Å². The summed E-state index contributed by atoms with van der Waals surface area (Å²) in [6, 6.07) is 12.0. The van der Waals surface area contributed by atoms with Crippen LogP contribution in [-0.4, -0.2) is 27.5 Å². The third-order valence-electron chi connectivity index (χ3n) is 3.31. The molecule has 1 aromatic carbocycles. The van der Waals surface area contributed by atoms with E-state index >= 15 is 0 Å². The average Bonchev–Trinajstić information content (AvgIpc) is 3.18. The Morgan fingerprint density at radius 3 is 2.59 bits per heavy atom. The molecule has 27 heavy (non-hydrogen) atoms. The van der Waals surface area contributed by atoms with Crippen LogP contribution in [0.5, 0.6) is 0 Å². The number of para-hydroxylation sites is 1. The molecular weight excluding hydrogens is 370 g/mol. The maximum absolute atomic E-state index is 12.2. The molecule has 2 amide bonds. The van der Waals surface area contributed by atoms with Gasteiger partial charge in [-0.3, -0.25) is 19.4 Å². The minimum absolute atomic E-state index is 0.0232. The number of carbonyl (C=O) groups is 2. The summed E-state index contributed by atoms with van der Waals surface area (Å²) >= 11 is 1.01. The zero-order valence-corrected chi connectivity index (χ0v) is 14.7. The van der Waals surface area contributed by atoms with Gasteiger partial charge >= 0.3 is 0 Å². The molecule has 0 aliphatic carbocycles. The van der Waals surface area contributed by atoms with Crippen LogP contribution >= 0.6 is 11.8 Å². The second-order valence-electron chi connectivity index (χ2n) is 5.27. The fourth-order valence-electron chi connectivity index (χ4n) is 2.09. The fraction of sp³-hybridized carbons (Fsp3) is 0.0588. The number of nitrogen functional groups attached to an aromatic ring is 1. The predicted molar refractivity (Wildman–Crippen MR) is 102 cm³/mol. The van der Waals surface area contributed by atoms with E-state index in [-0.39, 0.29) is 34.1 Å². The zero-order valence-electron chi connectivity index (χ0n) is 13.9. The summed E-state index contributed by atoms with van der Waals surface area (Å²) in [7, 11) is 0. The standard InChI is InChI=1S/C17H15N5O4S/c18-14-13(20-15(24)11-7-4-8-26-11)16(25)22-17(21-14)27-9-12(23)19-10-5-2-1-3-6-10/h1-8H,9H2,(H,19,23)(H,20,24)(H3,18,21,22,25). The van der Waals surface area contributed by atoms with Crippen LogP contribution < -0.4 is 21.9 Å². The number of nitrogens with one attached hydrogen (secondary N) is 3. The molecule has 0 unspecified atom stereocenters. The Hall–Kier alpha value is -3.53.